The van der Waals surface area contributed by atoms with Crippen LogP contribution in [0.3, 0.4) is 0 Å². The highest BCUT2D eigenvalue weighted by Crippen LogP contribution is 2.26. The number of carbonyl (C=O) groups excluding carboxylic acids is 1. The summed E-state index contributed by atoms with van der Waals surface area (Å²) in [6.07, 6.45) is 4.80. The maximum Gasteiger partial charge on any atom is 0.254 e. The van der Waals surface area contributed by atoms with Crippen molar-refractivity contribution < 1.29 is 9.32 Å². The molecule has 5 nitrogen and oxygen atoms in total. The minimum absolute atomic E-state index is 0.120. The Balaban J connectivity index is 1.43. The molecular formula is C20H21N3O2S2. The molecule has 1 fully saturated rings. The van der Waals surface area contributed by atoms with Crippen LogP contribution in [0, 0.1) is 5.92 Å². The van der Waals surface area contributed by atoms with Gasteiger partial charge in [-0.05, 0) is 48.6 Å². The van der Waals surface area contributed by atoms with Gasteiger partial charge in [-0.25, -0.2) is 0 Å². The number of piperidine rings is 1. The van der Waals surface area contributed by atoms with Crippen molar-refractivity contribution in [1.82, 2.24) is 15.0 Å². The highest BCUT2D eigenvalue weighted by molar-refractivity contribution is 7.98. The predicted octanol–water partition coefficient (Wildman–Crippen LogP) is 4.61. The van der Waals surface area contributed by atoms with Gasteiger partial charge in [0.05, 0.1) is 5.56 Å². The number of benzene rings is 1. The first kappa shape index (κ1) is 18.3. The topological polar surface area (TPSA) is 59.2 Å². The molecule has 0 saturated carbocycles. The van der Waals surface area contributed by atoms with Crippen LogP contribution in [0.25, 0.3) is 11.4 Å². The summed E-state index contributed by atoms with van der Waals surface area (Å²) >= 11 is 3.23. The van der Waals surface area contributed by atoms with E-state index in [2.05, 4.69) is 10.1 Å². The molecule has 2 aromatic heterocycles. The normalized spacial score (nSPS) is 17.2. The fourth-order valence-corrected chi connectivity index (χ4v) is 4.73. The molecule has 0 spiro atoms. The summed E-state index contributed by atoms with van der Waals surface area (Å²) < 4.78 is 5.44. The second-order valence-corrected chi connectivity index (χ2v) is 8.32. The molecule has 0 bridgehead atoms. The molecule has 4 rings (SSSR count). The molecule has 3 heterocycles. The Morgan fingerprint density at radius 3 is 3.07 bits per heavy atom. The van der Waals surface area contributed by atoms with Gasteiger partial charge < -0.3 is 9.42 Å². The Bertz CT molecular complexity index is 908. The van der Waals surface area contributed by atoms with Crippen LogP contribution in [0.5, 0.6) is 0 Å². The lowest BCUT2D eigenvalue weighted by atomic mass is 9.94. The van der Waals surface area contributed by atoms with E-state index in [4.69, 9.17) is 4.52 Å². The second-order valence-electron chi connectivity index (χ2n) is 6.69. The molecule has 0 aliphatic carbocycles. The van der Waals surface area contributed by atoms with Crippen molar-refractivity contribution >= 4 is 29.0 Å². The molecule has 0 radical (unpaired) electrons. The van der Waals surface area contributed by atoms with E-state index in [-0.39, 0.29) is 5.91 Å². The fourth-order valence-electron chi connectivity index (χ4n) is 3.50. The van der Waals surface area contributed by atoms with E-state index < -0.39 is 0 Å². The molecule has 1 aromatic carbocycles. The maximum absolute atomic E-state index is 13.0. The fraction of sp³-hybridized carbons (Fsp3) is 0.350. The van der Waals surface area contributed by atoms with Gasteiger partial charge in [-0.2, -0.15) is 16.3 Å². The Morgan fingerprint density at radius 2 is 2.26 bits per heavy atom. The minimum atomic E-state index is 0.120. The van der Waals surface area contributed by atoms with Crippen LogP contribution in [-0.2, 0) is 6.42 Å². The largest absolute Gasteiger partial charge is 0.339 e. The summed E-state index contributed by atoms with van der Waals surface area (Å²) in [7, 11) is 0. The highest BCUT2D eigenvalue weighted by atomic mass is 32.2. The molecule has 1 atom stereocenters. The number of aromatic nitrogens is 2. The Hall–Kier alpha value is -2.12. The predicted molar refractivity (Wildman–Crippen MR) is 108 cm³/mol. The lowest BCUT2D eigenvalue weighted by Gasteiger charge is -2.32. The first-order valence-electron chi connectivity index (χ1n) is 9.02. The van der Waals surface area contributed by atoms with Crippen molar-refractivity contribution in [3.8, 4) is 11.4 Å². The molecule has 140 valence electrons. The van der Waals surface area contributed by atoms with E-state index in [9.17, 15) is 4.79 Å². The molecule has 1 saturated heterocycles. The highest BCUT2D eigenvalue weighted by Gasteiger charge is 2.27. The van der Waals surface area contributed by atoms with E-state index in [0.717, 1.165) is 42.0 Å². The summed E-state index contributed by atoms with van der Waals surface area (Å²) in [6.45, 7) is 1.54. The smallest absolute Gasteiger partial charge is 0.254 e. The van der Waals surface area contributed by atoms with E-state index in [1.54, 1.807) is 23.1 Å². The molecule has 27 heavy (non-hydrogen) atoms. The number of likely N-dealkylation sites (tertiary alicyclic amines) is 1. The van der Waals surface area contributed by atoms with Gasteiger partial charge in [0.15, 0.2) is 0 Å². The first-order chi connectivity index (χ1) is 13.2. The lowest BCUT2D eigenvalue weighted by Crippen LogP contribution is -2.40. The number of amides is 1. The summed E-state index contributed by atoms with van der Waals surface area (Å²) in [5.74, 6) is 1.76. The van der Waals surface area contributed by atoms with Crippen molar-refractivity contribution in [2.24, 2.45) is 5.92 Å². The van der Waals surface area contributed by atoms with Gasteiger partial charge in [0.2, 0.25) is 11.7 Å². The zero-order valence-electron chi connectivity index (χ0n) is 15.1. The molecular weight excluding hydrogens is 378 g/mol. The maximum atomic E-state index is 13.0. The molecule has 0 unspecified atom stereocenters. The van der Waals surface area contributed by atoms with E-state index in [1.165, 1.54) is 0 Å². The van der Waals surface area contributed by atoms with E-state index in [0.29, 0.717) is 24.1 Å². The number of nitrogens with zero attached hydrogens (tertiary/aromatic N) is 3. The number of hydrogen-bond acceptors (Lipinski definition) is 6. The van der Waals surface area contributed by atoms with Gasteiger partial charge in [0, 0.05) is 35.3 Å². The Kier molecular flexibility index (Phi) is 5.59. The number of rotatable bonds is 5. The summed E-state index contributed by atoms with van der Waals surface area (Å²) in [4.78, 5) is 20.5. The summed E-state index contributed by atoms with van der Waals surface area (Å²) in [5, 5.41) is 8.10. The van der Waals surface area contributed by atoms with Gasteiger partial charge in [-0.1, -0.05) is 17.3 Å². The molecule has 7 heteroatoms. The van der Waals surface area contributed by atoms with Crippen LogP contribution in [-0.4, -0.2) is 40.3 Å². The lowest BCUT2D eigenvalue weighted by molar-refractivity contribution is 0.0664. The molecule has 0 N–H and O–H groups in total. The van der Waals surface area contributed by atoms with Gasteiger partial charge >= 0.3 is 0 Å². The average molecular weight is 400 g/mol. The van der Waals surface area contributed by atoms with Gasteiger partial charge in [-0.15, -0.1) is 11.8 Å². The van der Waals surface area contributed by atoms with Crippen LogP contribution in [0.15, 0.2) is 50.5 Å². The van der Waals surface area contributed by atoms with Crippen LogP contribution in [0.4, 0.5) is 0 Å². The van der Waals surface area contributed by atoms with Gasteiger partial charge in [-0.3, -0.25) is 4.79 Å². The van der Waals surface area contributed by atoms with Crippen molar-refractivity contribution in [1.29, 1.82) is 0 Å². The van der Waals surface area contributed by atoms with Crippen molar-refractivity contribution in [2.45, 2.75) is 24.2 Å². The van der Waals surface area contributed by atoms with Gasteiger partial charge in [0.25, 0.3) is 5.91 Å². The summed E-state index contributed by atoms with van der Waals surface area (Å²) in [5.41, 5.74) is 1.78. The number of thiophene rings is 1. The van der Waals surface area contributed by atoms with Crippen LogP contribution >= 0.6 is 23.1 Å². The zero-order chi connectivity index (χ0) is 18.6. The third-order valence-corrected chi connectivity index (χ3v) is 6.33. The second kappa shape index (κ2) is 8.27. The monoisotopic (exact) mass is 399 g/mol. The third kappa shape index (κ3) is 4.09. The van der Waals surface area contributed by atoms with E-state index in [1.807, 2.05) is 52.2 Å². The standard InChI is InChI=1S/C20H21N3O2S2/c1-26-17-7-3-2-6-16(17)20(24)23-9-4-5-14(12-23)11-18-21-19(22-25-18)15-8-10-27-13-15/h2-3,6-8,10,13-14H,4-5,9,11-12H2,1H3/t14-/m1/s1. The number of hydrogen-bond donors (Lipinski definition) is 0. The number of carbonyl (C=O) groups is 1. The van der Waals surface area contributed by atoms with Crippen LogP contribution in [0.2, 0.25) is 0 Å². The zero-order valence-corrected chi connectivity index (χ0v) is 16.8. The van der Waals surface area contributed by atoms with Crippen molar-refractivity contribution in [3.63, 3.8) is 0 Å². The van der Waals surface area contributed by atoms with Crippen molar-refractivity contribution in [3.05, 3.63) is 52.5 Å². The van der Waals surface area contributed by atoms with Gasteiger partial charge in [0.1, 0.15) is 0 Å². The minimum Gasteiger partial charge on any atom is -0.339 e. The average Bonchev–Trinajstić information content (AvgIpc) is 3.39. The van der Waals surface area contributed by atoms with E-state index >= 15 is 0 Å². The first-order valence-corrected chi connectivity index (χ1v) is 11.2. The SMILES string of the molecule is CSc1ccccc1C(=O)N1CCC[C@H](Cc2nc(-c3ccsc3)no2)C1. The molecule has 1 aliphatic heterocycles. The van der Waals surface area contributed by atoms with Crippen LogP contribution < -0.4 is 0 Å². The third-order valence-electron chi connectivity index (χ3n) is 4.85. The molecule has 1 amide bonds. The quantitative estimate of drug-likeness (QED) is 0.586. The Morgan fingerprint density at radius 1 is 1.37 bits per heavy atom. The van der Waals surface area contributed by atoms with Crippen molar-refractivity contribution in [2.75, 3.05) is 19.3 Å². The Labute approximate surface area is 166 Å². The molecule has 3 aromatic rings. The molecule has 1 aliphatic rings. The number of thioether (sulfide) groups is 1. The van der Waals surface area contributed by atoms with Crippen LogP contribution in [0.1, 0.15) is 29.1 Å². The summed E-state index contributed by atoms with van der Waals surface area (Å²) in [6, 6.07) is 9.82.